The molecule has 1 aliphatic rings. The average Bonchev–Trinajstić information content (AvgIpc) is 2.68. The Balaban J connectivity index is 1.74. The number of nitrogens with one attached hydrogen (secondary N) is 1. The van der Waals surface area contributed by atoms with Crippen molar-refractivity contribution in [2.24, 2.45) is 0 Å². The van der Waals surface area contributed by atoms with Crippen LogP contribution >= 0.6 is 0 Å². The molecule has 0 radical (unpaired) electrons. The molecule has 0 aliphatic carbocycles. The summed E-state index contributed by atoms with van der Waals surface area (Å²) in [5.41, 5.74) is -0.166. The van der Waals surface area contributed by atoms with Gasteiger partial charge in [0.1, 0.15) is 5.69 Å². The summed E-state index contributed by atoms with van der Waals surface area (Å²) in [6, 6.07) is 3.29. The number of nitrogens with zero attached hydrogens (tertiary/aromatic N) is 4. The SMILES string of the molecule is CCN1CCN(C(=O)c2ccnc(Nc3ccc(F)c(F)c3F)n2)CC1. The van der Waals surface area contributed by atoms with Crippen LogP contribution in [0.15, 0.2) is 24.4 Å². The molecule has 26 heavy (non-hydrogen) atoms. The van der Waals surface area contributed by atoms with E-state index in [2.05, 4.69) is 27.1 Å². The minimum absolute atomic E-state index is 0.0760. The summed E-state index contributed by atoms with van der Waals surface area (Å²) in [4.78, 5) is 24.5. The molecular weight excluding hydrogens is 347 g/mol. The van der Waals surface area contributed by atoms with Crippen LogP contribution in [0.1, 0.15) is 17.4 Å². The molecule has 1 fully saturated rings. The quantitative estimate of drug-likeness (QED) is 0.844. The van der Waals surface area contributed by atoms with E-state index in [1.807, 2.05) is 0 Å². The number of rotatable bonds is 4. The predicted octanol–water partition coefficient (Wildman–Crippen LogP) is 2.42. The van der Waals surface area contributed by atoms with Gasteiger partial charge in [0.25, 0.3) is 5.91 Å². The van der Waals surface area contributed by atoms with Crippen molar-refractivity contribution in [2.75, 3.05) is 38.0 Å². The van der Waals surface area contributed by atoms with Gasteiger partial charge in [-0.2, -0.15) is 0 Å². The fourth-order valence-electron chi connectivity index (χ4n) is 2.71. The van der Waals surface area contributed by atoms with Crippen LogP contribution in [0.4, 0.5) is 24.8 Å². The van der Waals surface area contributed by atoms with E-state index < -0.39 is 17.5 Å². The largest absolute Gasteiger partial charge is 0.335 e. The van der Waals surface area contributed by atoms with Crippen molar-refractivity contribution < 1.29 is 18.0 Å². The molecule has 1 aliphatic heterocycles. The van der Waals surface area contributed by atoms with E-state index in [-0.39, 0.29) is 23.2 Å². The molecule has 0 atom stereocenters. The topological polar surface area (TPSA) is 61.4 Å². The summed E-state index contributed by atoms with van der Waals surface area (Å²) in [6.45, 7) is 5.77. The van der Waals surface area contributed by atoms with Gasteiger partial charge in [-0.3, -0.25) is 4.79 Å². The van der Waals surface area contributed by atoms with E-state index in [1.165, 1.54) is 12.3 Å². The van der Waals surface area contributed by atoms with Gasteiger partial charge in [-0.15, -0.1) is 0 Å². The Labute approximate surface area is 148 Å². The highest BCUT2D eigenvalue weighted by Crippen LogP contribution is 2.22. The number of aromatic nitrogens is 2. The van der Waals surface area contributed by atoms with E-state index in [0.717, 1.165) is 31.8 Å². The molecule has 3 rings (SSSR count). The molecule has 6 nitrogen and oxygen atoms in total. The molecule has 9 heteroatoms. The minimum atomic E-state index is -1.59. The molecule has 1 aromatic heterocycles. The summed E-state index contributed by atoms with van der Waals surface area (Å²) in [6.07, 6.45) is 1.35. The molecule has 0 saturated carbocycles. The number of halogens is 3. The van der Waals surface area contributed by atoms with Gasteiger partial charge in [-0.05, 0) is 24.7 Å². The van der Waals surface area contributed by atoms with Crippen molar-refractivity contribution in [1.29, 1.82) is 0 Å². The molecule has 0 unspecified atom stereocenters. The van der Waals surface area contributed by atoms with Crippen LogP contribution in [0.5, 0.6) is 0 Å². The highest BCUT2D eigenvalue weighted by Gasteiger charge is 2.23. The number of benzene rings is 1. The fourth-order valence-corrected chi connectivity index (χ4v) is 2.71. The number of amides is 1. The lowest BCUT2D eigenvalue weighted by Crippen LogP contribution is -2.48. The van der Waals surface area contributed by atoms with Crippen LogP contribution in [-0.4, -0.2) is 58.4 Å². The van der Waals surface area contributed by atoms with E-state index in [1.54, 1.807) is 4.90 Å². The lowest BCUT2D eigenvalue weighted by molar-refractivity contribution is 0.0637. The van der Waals surface area contributed by atoms with Gasteiger partial charge in [0.05, 0.1) is 5.69 Å². The maximum absolute atomic E-state index is 13.8. The zero-order valence-electron chi connectivity index (χ0n) is 14.2. The summed E-state index contributed by atoms with van der Waals surface area (Å²) in [7, 11) is 0. The zero-order valence-corrected chi connectivity index (χ0v) is 14.2. The van der Waals surface area contributed by atoms with Crippen molar-refractivity contribution in [3.8, 4) is 0 Å². The molecule has 1 aromatic carbocycles. The third-order valence-electron chi connectivity index (χ3n) is 4.26. The fraction of sp³-hybridized carbons (Fsp3) is 0.353. The van der Waals surface area contributed by atoms with Crippen molar-refractivity contribution in [2.45, 2.75) is 6.92 Å². The summed E-state index contributed by atoms with van der Waals surface area (Å²) >= 11 is 0. The van der Waals surface area contributed by atoms with Crippen LogP contribution in [0.25, 0.3) is 0 Å². The summed E-state index contributed by atoms with van der Waals surface area (Å²) in [5, 5.41) is 2.47. The third kappa shape index (κ3) is 3.77. The molecule has 2 heterocycles. The highest BCUT2D eigenvalue weighted by atomic mass is 19.2. The lowest BCUT2D eigenvalue weighted by atomic mass is 10.2. The van der Waals surface area contributed by atoms with Gasteiger partial charge in [0.2, 0.25) is 5.95 Å². The molecule has 2 aromatic rings. The Hall–Kier alpha value is -2.68. The Morgan fingerprint density at radius 1 is 1.12 bits per heavy atom. The standard InChI is InChI=1S/C17H18F3N5O/c1-2-24-7-9-25(10-8-24)16(26)13-5-6-21-17(23-13)22-12-4-3-11(18)14(19)15(12)20/h3-6H,2,7-10H2,1H3,(H,21,22,23). The van der Waals surface area contributed by atoms with Crippen LogP contribution < -0.4 is 5.32 Å². The van der Waals surface area contributed by atoms with Crippen LogP contribution in [0, 0.1) is 17.5 Å². The minimum Gasteiger partial charge on any atom is -0.335 e. The molecular formula is C17H18F3N5O. The second kappa shape index (κ2) is 7.69. The molecule has 0 spiro atoms. The normalized spacial score (nSPS) is 15.2. The number of hydrogen-bond donors (Lipinski definition) is 1. The monoisotopic (exact) mass is 365 g/mol. The van der Waals surface area contributed by atoms with E-state index in [4.69, 9.17) is 0 Å². The molecule has 1 N–H and O–H groups in total. The lowest BCUT2D eigenvalue weighted by Gasteiger charge is -2.33. The molecule has 138 valence electrons. The van der Waals surface area contributed by atoms with E-state index in [0.29, 0.717) is 13.1 Å². The third-order valence-corrected chi connectivity index (χ3v) is 4.26. The highest BCUT2D eigenvalue weighted by molar-refractivity contribution is 5.92. The average molecular weight is 365 g/mol. The van der Waals surface area contributed by atoms with Crippen molar-refractivity contribution >= 4 is 17.5 Å². The Kier molecular flexibility index (Phi) is 5.36. The molecule has 1 saturated heterocycles. The van der Waals surface area contributed by atoms with Crippen LogP contribution in [0.3, 0.4) is 0 Å². The van der Waals surface area contributed by atoms with Gasteiger partial charge in [0, 0.05) is 32.4 Å². The Bertz CT molecular complexity index is 809. The van der Waals surface area contributed by atoms with Crippen molar-refractivity contribution in [3.63, 3.8) is 0 Å². The maximum Gasteiger partial charge on any atom is 0.272 e. The van der Waals surface area contributed by atoms with Gasteiger partial charge in [0.15, 0.2) is 17.5 Å². The molecule has 0 bridgehead atoms. The summed E-state index contributed by atoms with van der Waals surface area (Å²) in [5.74, 6) is -4.58. The summed E-state index contributed by atoms with van der Waals surface area (Å²) < 4.78 is 40.1. The van der Waals surface area contributed by atoms with Crippen molar-refractivity contribution in [3.05, 3.63) is 47.5 Å². The first-order valence-corrected chi connectivity index (χ1v) is 8.24. The number of carbonyl (C=O) groups is 1. The van der Waals surface area contributed by atoms with Gasteiger partial charge < -0.3 is 15.1 Å². The van der Waals surface area contributed by atoms with Crippen LogP contribution in [0.2, 0.25) is 0 Å². The zero-order chi connectivity index (χ0) is 18.7. The van der Waals surface area contributed by atoms with Gasteiger partial charge >= 0.3 is 0 Å². The number of piperazine rings is 1. The number of carbonyl (C=O) groups excluding carboxylic acids is 1. The first-order valence-electron chi connectivity index (χ1n) is 8.24. The van der Waals surface area contributed by atoms with Crippen molar-refractivity contribution in [1.82, 2.24) is 19.8 Å². The number of likely N-dealkylation sites (N-methyl/N-ethyl adjacent to an activating group) is 1. The van der Waals surface area contributed by atoms with Crippen LogP contribution in [-0.2, 0) is 0 Å². The smallest absolute Gasteiger partial charge is 0.272 e. The first-order chi connectivity index (χ1) is 12.5. The van der Waals surface area contributed by atoms with Gasteiger partial charge in [-0.25, -0.2) is 23.1 Å². The first kappa shape index (κ1) is 18.1. The Morgan fingerprint density at radius 2 is 1.85 bits per heavy atom. The second-order valence-electron chi connectivity index (χ2n) is 5.84. The van der Waals surface area contributed by atoms with Gasteiger partial charge in [-0.1, -0.05) is 6.92 Å². The second-order valence-corrected chi connectivity index (χ2v) is 5.84. The van der Waals surface area contributed by atoms with E-state index >= 15 is 0 Å². The van der Waals surface area contributed by atoms with E-state index in [9.17, 15) is 18.0 Å². The number of hydrogen-bond acceptors (Lipinski definition) is 5. The molecule has 1 amide bonds. The maximum atomic E-state index is 13.8. The Morgan fingerprint density at radius 3 is 2.54 bits per heavy atom. The predicted molar refractivity (Wildman–Crippen MR) is 89.6 cm³/mol. The number of anilines is 2.